The monoisotopic (exact) mass is 332 g/mol. The van der Waals surface area contributed by atoms with Crippen molar-refractivity contribution in [1.29, 1.82) is 0 Å². The molecule has 1 saturated heterocycles. The molecule has 1 heterocycles. The van der Waals surface area contributed by atoms with Crippen LogP contribution in [0.25, 0.3) is 0 Å². The first kappa shape index (κ1) is 18.3. The summed E-state index contributed by atoms with van der Waals surface area (Å²) < 4.78 is 5.24. The molecule has 0 radical (unpaired) electrons. The highest BCUT2D eigenvalue weighted by Crippen LogP contribution is 2.18. The van der Waals surface area contributed by atoms with Gasteiger partial charge in [-0.1, -0.05) is 44.2 Å². The minimum absolute atomic E-state index is 0.00470. The van der Waals surface area contributed by atoms with Crippen molar-refractivity contribution in [2.75, 3.05) is 26.2 Å². The molecule has 132 valence electrons. The van der Waals surface area contributed by atoms with Gasteiger partial charge < -0.3 is 15.0 Å². The van der Waals surface area contributed by atoms with Gasteiger partial charge in [0, 0.05) is 25.6 Å². The fourth-order valence-corrected chi connectivity index (χ4v) is 2.77. The van der Waals surface area contributed by atoms with Crippen LogP contribution in [0.2, 0.25) is 0 Å². The largest absolute Gasteiger partial charge is 0.449 e. The van der Waals surface area contributed by atoms with E-state index >= 15 is 0 Å². The molecule has 1 fully saturated rings. The number of rotatable bonds is 6. The molecular weight excluding hydrogens is 304 g/mol. The molecule has 24 heavy (non-hydrogen) atoms. The number of benzene rings is 1. The average molecular weight is 332 g/mol. The van der Waals surface area contributed by atoms with E-state index in [1.165, 1.54) is 5.56 Å². The second kappa shape index (κ2) is 9.30. The van der Waals surface area contributed by atoms with Crippen LogP contribution in [0.3, 0.4) is 0 Å². The highest BCUT2D eigenvalue weighted by atomic mass is 16.6. The van der Waals surface area contributed by atoms with Crippen LogP contribution in [0.15, 0.2) is 30.3 Å². The van der Waals surface area contributed by atoms with Gasteiger partial charge in [-0.25, -0.2) is 4.79 Å². The summed E-state index contributed by atoms with van der Waals surface area (Å²) >= 11 is 0. The lowest BCUT2D eigenvalue weighted by molar-refractivity contribution is -0.126. The van der Waals surface area contributed by atoms with Gasteiger partial charge in [-0.2, -0.15) is 0 Å². The SMILES string of the molecule is CC(C)COC(=O)N1CCC(C(=O)NCCc2ccccc2)CC1. The summed E-state index contributed by atoms with van der Waals surface area (Å²) in [7, 11) is 0. The zero-order valence-electron chi connectivity index (χ0n) is 14.7. The molecule has 1 N–H and O–H groups in total. The maximum Gasteiger partial charge on any atom is 0.409 e. The first-order valence-electron chi connectivity index (χ1n) is 8.79. The van der Waals surface area contributed by atoms with E-state index in [2.05, 4.69) is 17.4 Å². The van der Waals surface area contributed by atoms with Crippen molar-refractivity contribution < 1.29 is 14.3 Å². The number of carbonyl (C=O) groups excluding carboxylic acids is 2. The van der Waals surface area contributed by atoms with Crippen molar-refractivity contribution in [3.05, 3.63) is 35.9 Å². The Morgan fingerprint density at radius 1 is 1.21 bits per heavy atom. The van der Waals surface area contributed by atoms with Gasteiger partial charge >= 0.3 is 6.09 Å². The first-order chi connectivity index (χ1) is 11.6. The molecule has 0 atom stereocenters. The minimum Gasteiger partial charge on any atom is -0.449 e. The molecule has 5 nitrogen and oxygen atoms in total. The van der Waals surface area contributed by atoms with E-state index in [-0.39, 0.29) is 17.9 Å². The second-order valence-electron chi connectivity index (χ2n) is 6.76. The molecule has 2 rings (SSSR count). The second-order valence-corrected chi connectivity index (χ2v) is 6.76. The van der Waals surface area contributed by atoms with Crippen LogP contribution in [-0.2, 0) is 16.0 Å². The van der Waals surface area contributed by atoms with Crippen LogP contribution in [0.4, 0.5) is 4.79 Å². The van der Waals surface area contributed by atoms with Gasteiger partial charge in [0.2, 0.25) is 5.91 Å². The fraction of sp³-hybridized carbons (Fsp3) is 0.579. The van der Waals surface area contributed by atoms with Crippen molar-refractivity contribution in [2.45, 2.75) is 33.1 Å². The topological polar surface area (TPSA) is 58.6 Å². The molecule has 1 aromatic rings. The molecule has 5 heteroatoms. The van der Waals surface area contributed by atoms with Crippen molar-refractivity contribution in [3.63, 3.8) is 0 Å². The molecule has 0 unspecified atom stereocenters. The summed E-state index contributed by atoms with van der Waals surface area (Å²) in [5, 5.41) is 3.01. The summed E-state index contributed by atoms with van der Waals surface area (Å²) in [6.07, 6.45) is 1.99. The Morgan fingerprint density at radius 3 is 2.50 bits per heavy atom. The standard InChI is InChI=1S/C19H28N2O3/c1-15(2)14-24-19(23)21-12-9-17(10-13-21)18(22)20-11-8-16-6-4-3-5-7-16/h3-7,15,17H,8-14H2,1-2H3,(H,20,22). The third-order valence-corrected chi connectivity index (χ3v) is 4.22. The van der Waals surface area contributed by atoms with E-state index in [1.54, 1.807) is 4.90 Å². The van der Waals surface area contributed by atoms with Gasteiger partial charge in [0.25, 0.3) is 0 Å². The van der Waals surface area contributed by atoms with Crippen LogP contribution in [0, 0.1) is 11.8 Å². The van der Waals surface area contributed by atoms with E-state index in [9.17, 15) is 9.59 Å². The Morgan fingerprint density at radius 2 is 1.88 bits per heavy atom. The third kappa shape index (κ3) is 5.87. The van der Waals surface area contributed by atoms with Gasteiger partial charge in [0.15, 0.2) is 0 Å². The molecule has 0 aliphatic carbocycles. The zero-order chi connectivity index (χ0) is 17.4. The number of piperidine rings is 1. The Labute approximate surface area is 144 Å². The Balaban J connectivity index is 1.66. The van der Waals surface area contributed by atoms with Gasteiger partial charge in [0.05, 0.1) is 6.61 Å². The number of ether oxygens (including phenoxy) is 1. The van der Waals surface area contributed by atoms with E-state index in [0.29, 0.717) is 45.0 Å². The highest BCUT2D eigenvalue weighted by Gasteiger charge is 2.27. The van der Waals surface area contributed by atoms with Crippen molar-refractivity contribution in [1.82, 2.24) is 10.2 Å². The molecular formula is C19H28N2O3. The average Bonchev–Trinajstić information content (AvgIpc) is 2.60. The van der Waals surface area contributed by atoms with Crippen LogP contribution in [0.5, 0.6) is 0 Å². The van der Waals surface area contributed by atoms with Crippen molar-refractivity contribution in [2.24, 2.45) is 11.8 Å². The molecule has 1 aromatic carbocycles. The molecule has 1 aliphatic heterocycles. The van der Waals surface area contributed by atoms with Gasteiger partial charge in [0.1, 0.15) is 0 Å². The van der Waals surface area contributed by atoms with E-state index in [1.807, 2.05) is 32.0 Å². The number of carbonyl (C=O) groups is 2. The summed E-state index contributed by atoms with van der Waals surface area (Å²) in [5.41, 5.74) is 1.22. The Bertz CT molecular complexity index is 523. The summed E-state index contributed by atoms with van der Waals surface area (Å²) in [6.45, 7) is 6.30. The molecule has 0 aromatic heterocycles. The van der Waals surface area contributed by atoms with E-state index in [4.69, 9.17) is 4.74 Å². The van der Waals surface area contributed by atoms with Gasteiger partial charge in [-0.3, -0.25) is 4.79 Å². The van der Waals surface area contributed by atoms with Crippen LogP contribution in [-0.4, -0.2) is 43.1 Å². The molecule has 2 amide bonds. The number of hydrogen-bond donors (Lipinski definition) is 1. The quantitative estimate of drug-likeness (QED) is 0.871. The van der Waals surface area contributed by atoms with Crippen LogP contribution in [0.1, 0.15) is 32.3 Å². The fourth-order valence-electron chi connectivity index (χ4n) is 2.77. The molecule has 0 saturated carbocycles. The summed E-state index contributed by atoms with van der Waals surface area (Å²) in [6, 6.07) is 10.1. The smallest absolute Gasteiger partial charge is 0.409 e. The minimum atomic E-state index is -0.258. The lowest BCUT2D eigenvalue weighted by Crippen LogP contribution is -2.43. The number of nitrogens with one attached hydrogen (secondary N) is 1. The predicted octanol–water partition coefficient (Wildman–Crippen LogP) is 2.85. The number of likely N-dealkylation sites (tertiary alicyclic amines) is 1. The van der Waals surface area contributed by atoms with E-state index < -0.39 is 0 Å². The van der Waals surface area contributed by atoms with Crippen LogP contribution < -0.4 is 5.32 Å². The Hall–Kier alpha value is -2.04. The van der Waals surface area contributed by atoms with Crippen molar-refractivity contribution >= 4 is 12.0 Å². The summed E-state index contributed by atoms with van der Waals surface area (Å²) in [4.78, 5) is 25.8. The maximum absolute atomic E-state index is 12.2. The lowest BCUT2D eigenvalue weighted by Gasteiger charge is -2.30. The summed E-state index contributed by atoms with van der Waals surface area (Å²) in [5.74, 6) is 0.429. The van der Waals surface area contributed by atoms with E-state index in [0.717, 1.165) is 6.42 Å². The lowest BCUT2D eigenvalue weighted by atomic mass is 9.96. The normalized spacial score (nSPS) is 15.4. The molecule has 0 bridgehead atoms. The number of hydrogen-bond acceptors (Lipinski definition) is 3. The number of amides is 2. The predicted molar refractivity (Wildman–Crippen MR) is 93.6 cm³/mol. The van der Waals surface area contributed by atoms with Crippen molar-refractivity contribution in [3.8, 4) is 0 Å². The first-order valence-corrected chi connectivity index (χ1v) is 8.79. The number of nitrogens with zero attached hydrogens (tertiary/aromatic N) is 1. The van der Waals surface area contributed by atoms with Gasteiger partial charge in [-0.15, -0.1) is 0 Å². The van der Waals surface area contributed by atoms with Crippen LogP contribution >= 0.6 is 0 Å². The van der Waals surface area contributed by atoms with Gasteiger partial charge in [-0.05, 0) is 30.7 Å². The Kier molecular flexibility index (Phi) is 7.09. The third-order valence-electron chi connectivity index (χ3n) is 4.22. The highest BCUT2D eigenvalue weighted by molar-refractivity contribution is 5.79. The molecule has 1 aliphatic rings. The maximum atomic E-state index is 12.2. The zero-order valence-corrected chi connectivity index (χ0v) is 14.7. The molecule has 0 spiro atoms.